The van der Waals surface area contributed by atoms with Gasteiger partial charge in [0.05, 0.1) is 12.9 Å². The third-order valence-electron chi connectivity index (χ3n) is 1.68. The van der Waals surface area contributed by atoms with E-state index >= 15 is 0 Å². The van der Waals surface area contributed by atoms with E-state index < -0.39 is 0 Å². The molecule has 0 unspecified atom stereocenters. The highest BCUT2D eigenvalue weighted by atomic mass is 16.5. The Morgan fingerprint density at radius 3 is 3.09 bits per heavy atom. The van der Waals surface area contributed by atoms with E-state index in [0.29, 0.717) is 19.6 Å². The second-order valence-electron chi connectivity index (χ2n) is 2.58. The van der Waals surface area contributed by atoms with Crippen LogP contribution in [0.1, 0.15) is 19.3 Å². The minimum absolute atomic E-state index is 0.188. The number of nitrogens with two attached hydrogens (primary N) is 1. The molecule has 0 aromatic heterocycles. The summed E-state index contributed by atoms with van der Waals surface area (Å²) in [6.07, 6.45) is 3.67. The number of carbonyl (C=O) groups excluding carboxylic acids is 1. The van der Waals surface area contributed by atoms with Gasteiger partial charge < -0.3 is 10.5 Å². The van der Waals surface area contributed by atoms with Gasteiger partial charge in [0.25, 0.3) is 0 Å². The van der Waals surface area contributed by atoms with Crippen LogP contribution in [0.4, 0.5) is 0 Å². The lowest BCUT2D eigenvalue weighted by Crippen LogP contribution is -2.05. The molecule has 0 atom stereocenters. The number of hydrogen-bond donors (Lipinski definition) is 1. The fourth-order valence-electron chi connectivity index (χ4n) is 1.02. The van der Waals surface area contributed by atoms with Gasteiger partial charge in [-0.05, 0) is 13.0 Å². The summed E-state index contributed by atoms with van der Waals surface area (Å²) < 4.78 is 4.94. The Bertz CT molecular complexity index is 175. The molecule has 1 aliphatic heterocycles. The molecule has 0 amide bonds. The van der Waals surface area contributed by atoms with Crippen molar-refractivity contribution >= 4 is 5.78 Å². The predicted molar refractivity (Wildman–Crippen MR) is 41.9 cm³/mol. The molecule has 11 heavy (non-hydrogen) atoms. The van der Waals surface area contributed by atoms with Gasteiger partial charge in [-0.25, -0.2) is 0 Å². The molecule has 0 aromatic carbocycles. The Labute approximate surface area is 66.2 Å². The average Bonchev–Trinajstić information content (AvgIpc) is 2.52. The smallest absolute Gasteiger partial charge is 0.162 e. The summed E-state index contributed by atoms with van der Waals surface area (Å²) in [6, 6.07) is 0. The fourth-order valence-corrected chi connectivity index (χ4v) is 1.02. The first-order chi connectivity index (χ1) is 5.34. The van der Waals surface area contributed by atoms with E-state index in [1.807, 2.05) is 0 Å². The van der Waals surface area contributed by atoms with Crippen LogP contribution in [0.2, 0.25) is 0 Å². The van der Waals surface area contributed by atoms with Crippen molar-refractivity contribution in [3.05, 3.63) is 11.8 Å². The van der Waals surface area contributed by atoms with E-state index in [-0.39, 0.29) is 5.78 Å². The number of ketones is 1. The first kappa shape index (κ1) is 8.27. The highest BCUT2D eigenvalue weighted by Gasteiger charge is 2.13. The van der Waals surface area contributed by atoms with Crippen molar-refractivity contribution in [1.29, 1.82) is 0 Å². The SMILES string of the molecule is NCCCC(=O)C1=COCC1. The zero-order chi connectivity index (χ0) is 8.10. The van der Waals surface area contributed by atoms with Crippen molar-refractivity contribution in [2.75, 3.05) is 13.2 Å². The van der Waals surface area contributed by atoms with Crippen LogP contribution in [0.15, 0.2) is 11.8 Å². The first-order valence-corrected chi connectivity index (χ1v) is 3.88. The quantitative estimate of drug-likeness (QED) is 0.646. The lowest BCUT2D eigenvalue weighted by Gasteiger charge is -1.96. The van der Waals surface area contributed by atoms with E-state index in [0.717, 1.165) is 18.4 Å². The van der Waals surface area contributed by atoms with Crippen LogP contribution in [0, 0.1) is 0 Å². The summed E-state index contributed by atoms with van der Waals surface area (Å²) in [4.78, 5) is 11.2. The molecule has 1 rings (SSSR count). The van der Waals surface area contributed by atoms with Gasteiger partial charge in [-0.1, -0.05) is 0 Å². The van der Waals surface area contributed by atoms with Crippen molar-refractivity contribution in [2.24, 2.45) is 5.73 Å². The van der Waals surface area contributed by atoms with Crippen LogP contribution in [0.3, 0.4) is 0 Å². The molecule has 0 radical (unpaired) electrons. The van der Waals surface area contributed by atoms with Crippen molar-refractivity contribution in [3.63, 3.8) is 0 Å². The summed E-state index contributed by atoms with van der Waals surface area (Å²) in [6.45, 7) is 1.24. The van der Waals surface area contributed by atoms with Gasteiger partial charge in [0.15, 0.2) is 5.78 Å². The third kappa shape index (κ3) is 2.35. The van der Waals surface area contributed by atoms with Crippen LogP contribution < -0.4 is 5.73 Å². The molecule has 1 heterocycles. The van der Waals surface area contributed by atoms with Gasteiger partial charge in [0.2, 0.25) is 0 Å². The van der Waals surface area contributed by atoms with Gasteiger partial charge in [-0.2, -0.15) is 0 Å². The molecule has 2 N–H and O–H groups in total. The standard InChI is InChI=1S/C8H13NO2/c9-4-1-2-8(10)7-3-5-11-6-7/h6H,1-5,9H2. The largest absolute Gasteiger partial charge is 0.500 e. The van der Waals surface area contributed by atoms with E-state index in [4.69, 9.17) is 10.5 Å². The lowest BCUT2D eigenvalue weighted by atomic mass is 10.1. The van der Waals surface area contributed by atoms with Gasteiger partial charge in [-0.3, -0.25) is 4.79 Å². The van der Waals surface area contributed by atoms with E-state index in [2.05, 4.69) is 0 Å². The Morgan fingerprint density at radius 1 is 1.73 bits per heavy atom. The molecular formula is C8H13NO2. The molecule has 0 bridgehead atoms. The minimum atomic E-state index is 0.188. The minimum Gasteiger partial charge on any atom is -0.500 e. The molecule has 0 saturated heterocycles. The number of ether oxygens (including phenoxy) is 1. The van der Waals surface area contributed by atoms with Crippen molar-refractivity contribution < 1.29 is 9.53 Å². The molecule has 0 saturated carbocycles. The van der Waals surface area contributed by atoms with Crippen LogP contribution in [0.5, 0.6) is 0 Å². The maximum Gasteiger partial charge on any atom is 0.162 e. The Hall–Kier alpha value is -0.830. The van der Waals surface area contributed by atoms with Gasteiger partial charge >= 0.3 is 0 Å². The topological polar surface area (TPSA) is 52.3 Å². The monoisotopic (exact) mass is 155 g/mol. The van der Waals surface area contributed by atoms with Gasteiger partial charge in [-0.15, -0.1) is 0 Å². The number of rotatable bonds is 4. The maximum absolute atomic E-state index is 11.2. The second kappa shape index (κ2) is 4.13. The number of hydrogen-bond acceptors (Lipinski definition) is 3. The zero-order valence-electron chi connectivity index (χ0n) is 6.51. The third-order valence-corrected chi connectivity index (χ3v) is 1.68. The lowest BCUT2D eigenvalue weighted by molar-refractivity contribution is -0.115. The molecule has 1 aliphatic rings. The van der Waals surface area contributed by atoms with Crippen molar-refractivity contribution in [2.45, 2.75) is 19.3 Å². The normalized spacial score (nSPS) is 15.9. The average molecular weight is 155 g/mol. The van der Waals surface area contributed by atoms with E-state index in [1.54, 1.807) is 6.26 Å². The molecule has 62 valence electrons. The maximum atomic E-state index is 11.2. The second-order valence-corrected chi connectivity index (χ2v) is 2.58. The summed E-state index contributed by atoms with van der Waals surface area (Å²) in [5.74, 6) is 0.188. The Balaban J connectivity index is 2.29. The summed E-state index contributed by atoms with van der Waals surface area (Å²) in [7, 11) is 0. The number of carbonyl (C=O) groups is 1. The summed E-state index contributed by atoms with van der Waals surface area (Å²) in [5, 5.41) is 0. The van der Waals surface area contributed by atoms with Gasteiger partial charge in [0.1, 0.15) is 0 Å². The Morgan fingerprint density at radius 2 is 2.55 bits per heavy atom. The summed E-state index contributed by atoms with van der Waals surface area (Å²) >= 11 is 0. The van der Waals surface area contributed by atoms with Crippen molar-refractivity contribution in [1.82, 2.24) is 0 Å². The zero-order valence-corrected chi connectivity index (χ0v) is 6.51. The Kier molecular flexibility index (Phi) is 3.11. The molecular weight excluding hydrogens is 142 g/mol. The molecule has 3 nitrogen and oxygen atoms in total. The fraction of sp³-hybridized carbons (Fsp3) is 0.625. The van der Waals surface area contributed by atoms with Crippen LogP contribution in [-0.2, 0) is 9.53 Å². The van der Waals surface area contributed by atoms with Crippen LogP contribution in [0.25, 0.3) is 0 Å². The van der Waals surface area contributed by atoms with Crippen LogP contribution >= 0.6 is 0 Å². The number of Topliss-reactive ketones (excluding diaryl/α,β-unsaturated/α-hetero) is 1. The van der Waals surface area contributed by atoms with E-state index in [1.165, 1.54) is 0 Å². The molecule has 3 heteroatoms. The molecule has 0 fully saturated rings. The van der Waals surface area contributed by atoms with E-state index in [9.17, 15) is 4.79 Å². The van der Waals surface area contributed by atoms with Crippen LogP contribution in [-0.4, -0.2) is 18.9 Å². The highest BCUT2D eigenvalue weighted by Crippen LogP contribution is 2.13. The molecule has 0 spiro atoms. The highest BCUT2D eigenvalue weighted by molar-refractivity contribution is 5.95. The van der Waals surface area contributed by atoms with Gasteiger partial charge in [0, 0.05) is 18.4 Å². The van der Waals surface area contributed by atoms with Crippen molar-refractivity contribution in [3.8, 4) is 0 Å². The molecule has 0 aliphatic carbocycles. The molecule has 0 aromatic rings. The predicted octanol–water partition coefficient (Wildman–Crippen LogP) is 0.599. The summed E-state index contributed by atoms with van der Waals surface area (Å²) in [5.41, 5.74) is 6.09. The first-order valence-electron chi connectivity index (χ1n) is 3.88.